The van der Waals surface area contributed by atoms with Crippen LogP contribution in [0.5, 0.6) is 0 Å². The van der Waals surface area contributed by atoms with Gasteiger partial charge in [-0.2, -0.15) is 0 Å². The molecule has 3 nitrogen and oxygen atoms in total. The van der Waals surface area contributed by atoms with Gasteiger partial charge in [0.15, 0.2) is 0 Å². The van der Waals surface area contributed by atoms with Crippen molar-refractivity contribution in [2.24, 2.45) is 0 Å². The van der Waals surface area contributed by atoms with Gasteiger partial charge in [0.05, 0.1) is 22.9 Å². The number of hydrogen-bond acceptors (Lipinski definition) is 2. The van der Waals surface area contributed by atoms with Crippen molar-refractivity contribution in [3.63, 3.8) is 0 Å². The largest absolute Gasteiger partial charge is 0.304 e. The minimum atomic E-state index is 0.216. The van der Waals surface area contributed by atoms with Crippen LogP contribution in [0.15, 0.2) is 0 Å². The van der Waals surface area contributed by atoms with E-state index < -0.39 is 0 Å². The van der Waals surface area contributed by atoms with Gasteiger partial charge in [-0.25, -0.2) is 0 Å². The Morgan fingerprint density at radius 3 is 2.23 bits per heavy atom. The van der Waals surface area contributed by atoms with Crippen LogP contribution in [0, 0.1) is 0 Å². The summed E-state index contributed by atoms with van der Waals surface area (Å²) in [5, 5.41) is 0. The molecule has 4 heteroatoms. The Balaban J connectivity index is 3.49. The van der Waals surface area contributed by atoms with Crippen molar-refractivity contribution in [1.29, 1.82) is 0 Å². The molecule has 0 aromatic carbocycles. The number of carbonyl (C=O) groups excluding carboxylic acids is 1. The molecular formula is C9H19IN2O. The Morgan fingerprint density at radius 2 is 1.85 bits per heavy atom. The van der Waals surface area contributed by atoms with Crippen molar-refractivity contribution in [2.45, 2.75) is 26.7 Å². The number of carbonyl (C=O) groups is 1. The second-order valence-corrected chi connectivity index (χ2v) is 4.45. The second-order valence-electron chi connectivity index (χ2n) is 3.00. The lowest BCUT2D eigenvalue weighted by Gasteiger charge is -2.17. The molecule has 0 radical (unpaired) electrons. The Bertz CT molecular complexity index is 147. The Morgan fingerprint density at radius 1 is 1.31 bits per heavy atom. The highest BCUT2D eigenvalue weighted by Gasteiger charge is 2.05. The van der Waals surface area contributed by atoms with Gasteiger partial charge in [0.2, 0.25) is 5.91 Å². The third-order valence-electron chi connectivity index (χ3n) is 2.10. The number of halogens is 1. The molecule has 0 heterocycles. The van der Waals surface area contributed by atoms with Gasteiger partial charge in [-0.15, -0.1) is 0 Å². The van der Waals surface area contributed by atoms with Gasteiger partial charge in [0, 0.05) is 13.5 Å². The zero-order chi connectivity index (χ0) is 10.3. The molecule has 0 rings (SSSR count). The molecule has 0 bridgehead atoms. The summed E-state index contributed by atoms with van der Waals surface area (Å²) < 4.78 is 1.62. The lowest BCUT2D eigenvalue weighted by atomic mass is 10.3. The van der Waals surface area contributed by atoms with Crippen LogP contribution in [-0.4, -0.2) is 40.6 Å². The monoisotopic (exact) mass is 298 g/mol. The summed E-state index contributed by atoms with van der Waals surface area (Å²) >= 11 is 2.01. The number of nitrogens with zero attached hydrogens (tertiary/aromatic N) is 2. The minimum Gasteiger partial charge on any atom is -0.304 e. The highest BCUT2D eigenvalue weighted by Crippen LogP contribution is 2.02. The van der Waals surface area contributed by atoms with Crippen molar-refractivity contribution in [3.05, 3.63) is 0 Å². The molecule has 0 aliphatic carbocycles. The number of rotatable bonds is 6. The fourth-order valence-corrected chi connectivity index (χ4v) is 1.39. The molecule has 0 N–H and O–H groups in total. The van der Waals surface area contributed by atoms with E-state index in [-0.39, 0.29) is 5.91 Å². The summed E-state index contributed by atoms with van der Waals surface area (Å²) in [5.41, 5.74) is 0. The summed E-state index contributed by atoms with van der Waals surface area (Å²) in [6, 6.07) is 0. The summed E-state index contributed by atoms with van der Waals surface area (Å²) in [4.78, 5) is 13.5. The van der Waals surface area contributed by atoms with Gasteiger partial charge in [0.1, 0.15) is 0 Å². The van der Waals surface area contributed by atoms with E-state index in [1.54, 1.807) is 10.2 Å². The normalized spacial score (nSPS) is 10.5. The average molecular weight is 298 g/mol. The first-order valence-electron chi connectivity index (χ1n) is 4.76. The van der Waals surface area contributed by atoms with E-state index >= 15 is 0 Å². The molecule has 78 valence electrons. The minimum absolute atomic E-state index is 0.216. The van der Waals surface area contributed by atoms with Crippen molar-refractivity contribution < 1.29 is 4.79 Å². The lowest BCUT2D eigenvalue weighted by Crippen LogP contribution is -2.25. The summed E-state index contributed by atoms with van der Waals surface area (Å²) in [6.45, 7) is 7.48. The predicted octanol–water partition coefficient (Wildman–Crippen LogP) is 1.92. The predicted molar refractivity (Wildman–Crippen MR) is 63.8 cm³/mol. The Kier molecular flexibility index (Phi) is 7.65. The first-order valence-corrected chi connectivity index (χ1v) is 5.73. The first kappa shape index (κ1) is 13.2. The van der Waals surface area contributed by atoms with E-state index in [4.69, 9.17) is 0 Å². The maximum Gasteiger partial charge on any atom is 0.230 e. The van der Waals surface area contributed by atoms with Crippen LogP contribution < -0.4 is 0 Å². The fourth-order valence-electron chi connectivity index (χ4n) is 1.15. The lowest BCUT2D eigenvalue weighted by molar-refractivity contribution is -0.124. The van der Waals surface area contributed by atoms with Crippen LogP contribution in [-0.2, 0) is 4.79 Å². The van der Waals surface area contributed by atoms with Crippen LogP contribution in [0.3, 0.4) is 0 Å². The molecule has 0 aromatic rings. The van der Waals surface area contributed by atoms with Crippen molar-refractivity contribution in [2.75, 3.05) is 26.7 Å². The maximum absolute atomic E-state index is 11.2. The van der Waals surface area contributed by atoms with Crippen molar-refractivity contribution in [1.82, 2.24) is 8.01 Å². The smallest absolute Gasteiger partial charge is 0.230 e. The molecule has 0 saturated carbocycles. The van der Waals surface area contributed by atoms with E-state index in [0.717, 1.165) is 26.1 Å². The zero-order valence-electron chi connectivity index (χ0n) is 8.72. The van der Waals surface area contributed by atoms with Gasteiger partial charge in [-0.1, -0.05) is 13.8 Å². The third kappa shape index (κ3) is 6.26. The SMILES string of the molecule is CCN(CC)CCCC(=O)N(C)I. The van der Waals surface area contributed by atoms with Crippen LogP contribution in [0.1, 0.15) is 26.7 Å². The highest BCUT2D eigenvalue weighted by atomic mass is 127. The van der Waals surface area contributed by atoms with E-state index in [2.05, 4.69) is 18.7 Å². The van der Waals surface area contributed by atoms with Crippen LogP contribution in [0.2, 0.25) is 0 Å². The zero-order valence-corrected chi connectivity index (χ0v) is 10.9. The van der Waals surface area contributed by atoms with Crippen molar-refractivity contribution in [3.8, 4) is 0 Å². The first-order chi connectivity index (χ1) is 6.11. The Hall–Kier alpha value is 0.160. The maximum atomic E-state index is 11.2. The summed E-state index contributed by atoms with van der Waals surface area (Å²) in [5.74, 6) is 0.216. The molecule has 0 unspecified atom stereocenters. The molecule has 13 heavy (non-hydrogen) atoms. The molecule has 0 atom stereocenters. The molecule has 0 aliphatic heterocycles. The molecule has 0 aliphatic rings. The van der Waals surface area contributed by atoms with E-state index in [9.17, 15) is 4.79 Å². The van der Waals surface area contributed by atoms with Crippen LogP contribution >= 0.6 is 22.9 Å². The van der Waals surface area contributed by atoms with Crippen molar-refractivity contribution >= 4 is 28.8 Å². The molecule has 0 fully saturated rings. The van der Waals surface area contributed by atoms with Crippen LogP contribution in [0.25, 0.3) is 0 Å². The van der Waals surface area contributed by atoms with Gasteiger partial charge in [-0.3, -0.25) is 7.91 Å². The second kappa shape index (κ2) is 7.55. The number of amides is 1. The van der Waals surface area contributed by atoms with Gasteiger partial charge < -0.3 is 4.90 Å². The van der Waals surface area contributed by atoms with Gasteiger partial charge in [-0.05, 0) is 26.1 Å². The molecule has 0 aromatic heterocycles. The van der Waals surface area contributed by atoms with Gasteiger partial charge >= 0.3 is 0 Å². The number of hydrogen-bond donors (Lipinski definition) is 0. The Labute approximate surface area is 95.0 Å². The molecule has 1 amide bonds. The van der Waals surface area contributed by atoms with E-state index in [1.165, 1.54) is 0 Å². The fraction of sp³-hybridized carbons (Fsp3) is 0.889. The van der Waals surface area contributed by atoms with E-state index in [0.29, 0.717) is 6.42 Å². The van der Waals surface area contributed by atoms with Crippen LogP contribution in [0.4, 0.5) is 0 Å². The summed E-state index contributed by atoms with van der Waals surface area (Å²) in [6.07, 6.45) is 1.63. The topological polar surface area (TPSA) is 23.6 Å². The van der Waals surface area contributed by atoms with Gasteiger partial charge in [0.25, 0.3) is 0 Å². The van der Waals surface area contributed by atoms with E-state index in [1.807, 2.05) is 22.9 Å². The highest BCUT2D eigenvalue weighted by molar-refractivity contribution is 14.1. The average Bonchev–Trinajstić information content (AvgIpc) is 2.12. The summed E-state index contributed by atoms with van der Waals surface area (Å²) in [7, 11) is 1.79. The quantitative estimate of drug-likeness (QED) is 0.552. The molecular weight excluding hydrogens is 279 g/mol. The standard InChI is InChI=1S/C9H19IN2O/c1-4-12(5-2)8-6-7-9(13)11(3)10/h4-8H2,1-3H3. The molecule has 0 spiro atoms. The molecule has 0 saturated heterocycles. The third-order valence-corrected chi connectivity index (χ3v) is 2.64.